The molecule has 1 aromatic carbocycles. The van der Waals surface area contributed by atoms with Crippen molar-refractivity contribution < 1.29 is 4.79 Å². The van der Waals surface area contributed by atoms with E-state index in [2.05, 4.69) is 20.2 Å². The Morgan fingerprint density at radius 2 is 1.91 bits per heavy atom. The van der Waals surface area contributed by atoms with Gasteiger partial charge < -0.3 is 10.2 Å². The molecule has 0 radical (unpaired) electrons. The number of benzene rings is 1. The zero-order valence-corrected chi connectivity index (χ0v) is 12.9. The Bertz CT molecular complexity index is 789. The minimum atomic E-state index is -0.102. The number of para-hydroxylation sites is 1. The van der Waals surface area contributed by atoms with Gasteiger partial charge in [0, 0.05) is 25.0 Å². The molecule has 1 aromatic heterocycles. The van der Waals surface area contributed by atoms with Crippen molar-refractivity contribution in [2.45, 2.75) is 31.7 Å². The van der Waals surface area contributed by atoms with Crippen LogP contribution in [0.1, 0.15) is 25.7 Å². The Kier molecular flexibility index (Phi) is 3.52. The fourth-order valence-electron chi connectivity index (χ4n) is 3.12. The van der Waals surface area contributed by atoms with Crippen LogP contribution in [0, 0.1) is 5.92 Å². The fraction of sp³-hybridized carbons (Fsp3) is 0.471. The molecule has 6 heteroatoms. The first-order valence-corrected chi connectivity index (χ1v) is 8.25. The molecular weight excluding hydrogens is 292 g/mol. The van der Waals surface area contributed by atoms with Gasteiger partial charge in [0.1, 0.15) is 0 Å². The van der Waals surface area contributed by atoms with Gasteiger partial charge in [0.05, 0.1) is 10.9 Å². The molecule has 2 N–H and O–H groups in total. The van der Waals surface area contributed by atoms with Crippen LogP contribution in [0.25, 0.3) is 10.9 Å². The highest BCUT2D eigenvalue weighted by Gasteiger charge is 2.32. The third-order valence-corrected chi connectivity index (χ3v) is 4.69. The monoisotopic (exact) mass is 312 g/mol. The van der Waals surface area contributed by atoms with Gasteiger partial charge in [0.15, 0.2) is 0 Å². The van der Waals surface area contributed by atoms with E-state index < -0.39 is 0 Å². The van der Waals surface area contributed by atoms with E-state index in [1.54, 1.807) is 6.07 Å². The van der Waals surface area contributed by atoms with Gasteiger partial charge in [-0.15, -0.1) is 0 Å². The number of hydrogen-bond donors (Lipinski definition) is 2. The number of nitrogens with one attached hydrogen (secondary N) is 2. The predicted octanol–water partition coefficient (Wildman–Crippen LogP) is 1.42. The topological polar surface area (TPSA) is 78.1 Å². The molecule has 0 bridgehead atoms. The molecule has 23 heavy (non-hydrogen) atoms. The van der Waals surface area contributed by atoms with Gasteiger partial charge in [-0.05, 0) is 37.8 Å². The number of anilines is 1. The zero-order valence-electron chi connectivity index (χ0n) is 12.9. The number of aromatic nitrogens is 2. The summed E-state index contributed by atoms with van der Waals surface area (Å²) in [5.74, 6) is 1.09. The summed E-state index contributed by atoms with van der Waals surface area (Å²) in [5.41, 5.74) is 0.616. The molecule has 120 valence electrons. The Morgan fingerprint density at radius 1 is 1.17 bits per heavy atom. The number of rotatable bonds is 3. The Hall–Kier alpha value is -2.37. The lowest BCUT2D eigenvalue weighted by molar-refractivity contribution is -0.123. The second-order valence-electron chi connectivity index (χ2n) is 6.45. The fourth-order valence-corrected chi connectivity index (χ4v) is 3.12. The quantitative estimate of drug-likeness (QED) is 0.898. The van der Waals surface area contributed by atoms with Gasteiger partial charge in [-0.3, -0.25) is 14.6 Å². The maximum Gasteiger partial charge on any atom is 0.260 e. The van der Waals surface area contributed by atoms with Crippen LogP contribution in [0.4, 0.5) is 5.95 Å². The number of aromatic amines is 1. The first-order valence-electron chi connectivity index (χ1n) is 8.25. The van der Waals surface area contributed by atoms with E-state index in [9.17, 15) is 9.59 Å². The van der Waals surface area contributed by atoms with Crippen molar-refractivity contribution in [3.8, 4) is 0 Å². The molecule has 1 aliphatic heterocycles. The van der Waals surface area contributed by atoms with E-state index in [-0.39, 0.29) is 23.4 Å². The van der Waals surface area contributed by atoms with Gasteiger partial charge in [0.2, 0.25) is 11.9 Å². The molecule has 0 unspecified atom stereocenters. The summed E-state index contributed by atoms with van der Waals surface area (Å²) in [4.78, 5) is 33.5. The largest absolute Gasteiger partial charge is 0.353 e. The van der Waals surface area contributed by atoms with Crippen LogP contribution in [0.2, 0.25) is 0 Å². The Balaban J connectivity index is 1.45. The van der Waals surface area contributed by atoms with Gasteiger partial charge in [-0.1, -0.05) is 12.1 Å². The van der Waals surface area contributed by atoms with Crippen LogP contribution in [0.3, 0.4) is 0 Å². The lowest BCUT2D eigenvalue weighted by Gasteiger charge is -2.32. The lowest BCUT2D eigenvalue weighted by Crippen LogP contribution is -2.45. The van der Waals surface area contributed by atoms with Crippen LogP contribution in [0.15, 0.2) is 29.1 Å². The van der Waals surface area contributed by atoms with Crippen LogP contribution >= 0.6 is 0 Å². The highest BCUT2D eigenvalue weighted by Crippen LogP contribution is 2.29. The second-order valence-corrected chi connectivity index (χ2v) is 6.45. The molecule has 6 nitrogen and oxygen atoms in total. The average molecular weight is 312 g/mol. The molecule has 0 atom stereocenters. The number of carbonyl (C=O) groups is 1. The van der Waals surface area contributed by atoms with Crippen molar-refractivity contribution in [3.05, 3.63) is 34.6 Å². The molecule has 2 heterocycles. The van der Waals surface area contributed by atoms with Crippen LogP contribution < -0.4 is 15.8 Å². The van der Waals surface area contributed by atoms with Crippen molar-refractivity contribution in [2.24, 2.45) is 5.92 Å². The summed E-state index contributed by atoms with van der Waals surface area (Å²) < 4.78 is 0. The zero-order chi connectivity index (χ0) is 15.8. The van der Waals surface area contributed by atoms with Gasteiger partial charge in [-0.25, -0.2) is 4.98 Å². The minimum Gasteiger partial charge on any atom is -0.353 e. The van der Waals surface area contributed by atoms with E-state index in [0.717, 1.165) is 44.3 Å². The summed E-state index contributed by atoms with van der Waals surface area (Å²) in [7, 11) is 0. The van der Waals surface area contributed by atoms with Crippen molar-refractivity contribution in [1.29, 1.82) is 0 Å². The number of fused-ring (bicyclic) bond motifs is 1. The Labute approximate surface area is 133 Å². The number of H-pyrrole nitrogens is 1. The molecule has 1 amide bonds. The number of amides is 1. The van der Waals surface area contributed by atoms with E-state index in [1.807, 2.05) is 18.2 Å². The lowest BCUT2D eigenvalue weighted by atomic mass is 10.1. The summed E-state index contributed by atoms with van der Waals surface area (Å²) in [6, 6.07) is 7.61. The minimum absolute atomic E-state index is 0.102. The first-order chi connectivity index (χ1) is 11.2. The van der Waals surface area contributed by atoms with Crippen LogP contribution in [-0.2, 0) is 4.79 Å². The molecule has 2 aliphatic rings. The third-order valence-electron chi connectivity index (χ3n) is 4.69. The predicted molar refractivity (Wildman–Crippen MR) is 88.5 cm³/mol. The summed E-state index contributed by atoms with van der Waals surface area (Å²) in [6.45, 7) is 1.58. The molecule has 2 aromatic rings. The van der Waals surface area contributed by atoms with Crippen molar-refractivity contribution in [1.82, 2.24) is 15.3 Å². The number of hydrogen-bond acceptors (Lipinski definition) is 4. The number of piperidine rings is 1. The highest BCUT2D eigenvalue weighted by atomic mass is 16.2. The third kappa shape index (κ3) is 2.93. The average Bonchev–Trinajstić information content (AvgIpc) is 3.40. The summed E-state index contributed by atoms with van der Waals surface area (Å²) in [6.07, 6.45) is 3.84. The molecule has 0 spiro atoms. The molecule has 1 saturated carbocycles. The summed E-state index contributed by atoms with van der Waals surface area (Å²) >= 11 is 0. The SMILES string of the molecule is O=C(NC1CCN(c2nc3ccccc3c(=O)[nH]2)CC1)C1CC1. The van der Waals surface area contributed by atoms with E-state index in [0.29, 0.717) is 11.3 Å². The van der Waals surface area contributed by atoms with Crippen molar-refractivity contribution in [3.63, 3.8) is 0 Å². The van der Waals surface area contributed by atoms with E-state index >= 15 is 0 Å². The van der Waals surface area contributed by atoms with Crippen molar-refractivity contribution >= 4 is 22.8 Å². The van der Waals surface area contributed by atoms with Crippen LogP contribution in [0.5, 0.6) is 0 Å². The van der Waals surface area contributed by atoms with Gasteiger partial charge in [-0.2, -0.15) is 0 Å². The van der Waals surface area contributed by atoms with Gasteiger partial charge in [0.25, 0.3) is 5.56 Å². The van der Waals surface area contributed by atoms with Crippen LogP contribution in [-0.4, -0.2) is 35.0 Å². The molecule has 4 rings (SSSR count). The molecular formula is C17H20N4O2. The van der Waals surface area contributed by atoms with Crippen molar-refractivity contribution in [2.75, 3.05) is 18.0 Å². The molecule has 1 saturated heterocycles. The normalized spacial score (nSPS) is 19.0. The highest BCUT2D eigenvalue weighted by molar-refractivity contribution is 5.81. The standard InChI is InChI=1S/C17H20N4O2/c22-15(11-5-6-11)18-12-7-9-21(10-8-12)17-19-14-4-2-1-3-13(14)16(23)20-17/h1-4,11-12H,5-10H2,(H,18,22)(H,19,20,23). The second kappa shape index (κ2) is 5.68. The maximum absolute atomic E-state index is 12.2. The molecule has 2 fully saturated rings. The van der Waals surface area contributed by atoms with E-state index in [4.69, 9.17) is 0 Å². The molecule has 1 aliphatic carbocycles. The number of carbonyl (C=O) groups excluding carboxylic acids is 1. The van der Waals surface area contributed by atoms with Gasteiger partial charge >= 0.3 is 0 Å². The van der Waals surface area contributed by atoms with E-state index in [1.165, 1.54) is 0 Å². The maximum atomic E-state index is 12.2. The first kappa shape index (κ1) is 14.2. The smallest absolute Gasteiger partial charge is 0.260 e. The summed E-state index contributed by atoms with van der Waals surface area (Å²) in [5, 5.41) is 3.75. The number of nitrogens with zero attached hydrogens (tertiary/aromatic N) is 2. The Morgan fingerprint density at radius 3 is 2.65 bits per heavy atom.